The maximum atomic E-state index is 13.6. The maximum absolute atomic E-state index is 13.6. The van der Waals surface area contributed by atoms with Crippen LogP contribution in [0.1, 0.15) is 54.3 Å². The molecular weight excluding hydrogens is 582 g/mol. The summed E-state index contributed by atoms with van der Waals surface area (Å²) in [5.41, 5.74) is 8.17. The van der Waals surface area contributed by atoms with Crippen LogP contribution in [0.15, 0.2) is 97.1 Å². The average Bonchev–Trinajstić information content (AvgIpc) is 3.82. The summed E-state index contributed by atoms with van der Waals surface area (Å²) < 4.78 is 5.96. The highest BCUT2D eigenvalue weighted by Crippen LogP contribution is 2.31. The molecule has 5 rings (SSSR count). The van der Waals surface area contributed by atoms with E-state index in [0.29, 0.717) is 11.9 Å². The minimum Gasteiger partial charge on any atom is -0.370 e. The zero-order chi connectivity index (χ0) is 32.6. The van der Waals surface area contributed by atoms with Crippen molar-refractivity contribution in [2.75, 3.05) is 0 Å². The number of aromatic nitrogens is 1. The number of primary amides is 1. The molecule has 4 aromatic rings. The first-order valence-electron chi connectivity index (χ1n) is 15.5. The van der Waals surface area contributed by atoms with Crippen molar-refractivity contribution >= 4 is 34.5 Å². The highest BCUT2D eigenvalue weighted by molar-refractivity contribution is 5.99. The van der Waals surface area contributed by atoms with Gasteiger partial charge in [-0.3, -0.25) is 19.2 Å². The third kappa shape index (κ3) is 8.54. The number of epoxide rings is 1. The first-order valence-corrected chi connectivity index (χ1v) is 15.5. The van der Waals surface area contributed by atoms with E-state index in [0.717, 1.165) is 16.5 Å². The van der Waals surface area contributed by atoms with Crippen molar-refractivity contribution in [1.29, 1.82) is 0 Å². The first-order chi connectivity index (χ1) is 22.2. The van der Waals surface area contributed by atoms with E-state index in [1.165, 1.54) is 0 Å². The normalized spacial score (nSPS) is 17.5. The van der Waals surface area contributed by atoms with E-state index in [2.05, 4.69) is 34.8 Å². The number of amides is 4. The number of rotatable bonds is 14. The van der Waals surface area contributed by atoms with Crippen LogP contribution in [0.4, 0.5) is 0 Å². The number of fused-ring (bicyclic) bond motifs is 1. The smallest absolute Gasteiger partial charge is 0.270 e. The largest absolute Gasteiger partial charge is 0.370 e. The van der Waals surface area contributed by atoms with Crippen LogP contribution in [0.2, 0.25) is 0 Å². The fourth-order valence-corrected chi connectivity index (χ4v) is 5.62. The molecule has 1 aromatic heterocycles. The standard InChI is InChI=1S/C36H39N5O5/c1-22(2)33(25-14-7-4-8-15-25)41-32(43)21-30-34(46-30)28(19-23-11-5-3-6-12-23)39-36(45)29(20-31(37)42)40-35(44)27-18-17-24-13-9-10-16-26(24)38-27/h3-18,22,28-30,33-34H,19-21H2,1-2H3,(H2,37,42)(H,39,45)(H,40,44)(H,41,43)/t28-,29-,30-,33+,34+/m0/s1. The van der Waals surface area contributed by atoms with Crippen LogP contribution in [0.25, 0.3) is 10.9 Å². The molecular formula is C36H39N5O5. The van der Waals surface area contributed by atoms with Gasteiger partial charge in [-0.1, -0.05) is 98.8 Å². The van der Waals surface area contributed by atoms with Crippen molar-refractivity contribution < 1.29 is 23.9 Å². The number of pyridine rings is 1. The molecule has 0 aliphatic carbocycles. The van der Waals surface area contributed by atoms with Crippen LogP contribution in [0.5, 0.6) is 0 Å². The van der Waals surface area contributed by atoms with Crippen molar-refractivity contribution in [3.63, 3.8) is 0 Å². The minimum absolute atomic E-state index is 0.105. The van der Waals surface area contributed by atoms with Crippen LogP contribution in [0, 0.1) is 5.92 Å². The van der Waals surface area contributed by atoms with Gasteiger partial charge in [-0.25, -0.2) is 4.98 Å². The van der Waals surface area contributed by atoms with Gasteiger partial charge in [0.2, 0.25) is 17.7 Å². The molecule has 0 unspecified atom stereocenters. The molecule has 0 saturated carbocycles. The van der Waals surface area contributed by atoms with Gasteiger partial charge in [-0.15, -0.1) is 0 Å². The molecule has 10 heteroatoms. The van der Waals surface area contributed by atoms with E-state index in [-0.39, 0.29) is 30.0 Å². The van der Waals surface area contributed by atoms with Gasteiger partial charge in [0.1, 0.15) is 17.8 Å². The maximum Gasteiger partial charge on any atom is 0.270 e. The van der Waals surface area contributed by atoms with E-state index in [9.17, 15) is 19.2 Å². The Bertz CT molecular complexity index is 1680. The van der Waals surface area contributed by atoms with Crippen molar-refractivity contribution in [2.45, 2.75) is 63.4 Å². The minimum atomic E-state index is -1.24. The van der Waals surface area contributed by atoms with Crippen LogP contribution in [-0.2, 0) is 25.5 Å². The van der Waals surface area contributed by atoms with Gasteiger partial charge < -0.3 is 26.4 Å². The summed E-state index contributed by atoms with van der Waals surface area (Å²) in [6.07, 6.45) is -0.731. The Kier molecular flexibility index (Phi) is 10.4. The summed E-state index contributed by atoms with van der Waals surface area (Å²) in [5, 5.41) is 9.59. The number of ether oxygens (including phenoxy) is 1. The lowest BCUT2D eigenvalue weighted by molar-refractivity contribution is -0.127. The summed E-state index contributed by atoms with van der Waals surface area (Å²) in [5.74, 6) is -1.92. The fourth-order valence-electron chi connectivity index (χ4n) is 5.62. The second kappa shape index (κ2) is 14.8. The molecule has 2 heterocycles. The predicted molar refractivity (Wildman–Crippen MR) is 174 cm³/mol. The molecule has 1 aliphatic heterocycles. The second-order valence-electron chi connectivity index (χ2n) is 11.9. The number of nitrogens with zero attached hydrogens (tertiary/aromatic N) is 1. The van der Waals surface area contributed by atoms with Gasteiger partial charge in [0.05, 0.1) is 36.5 Å². The Morgan fingerprint density at radius 2 is 1.50 bits per heavy atom. The molecule has 0 spiro atoms. The summed E-state index contributed by atoms with van der Waals surface area (Å²) in [6.45, 7) is 4.11. The third-order valence-electron chi connectivity index (χ3n) is 8.03. The monoisotopic (exact) mass is 621 g/mol. The topological polar surface area (TPSA) is 156 Å². The van der Waals surface area contributed by atoms with Gasteiger partial charge in [0, 0.05) is 5.39 Å². The molecule has 3 aromatic carbocycles. The molecule has 46 heavy (non-hydrogen) atoms. The molecule has 4 amide bonds. The molecule has 5 atom stereocenters. The number of nitrogens with one attached hydrogen (secondary N) is 3. The third-order valence-corrected chi connectivity index (χ3v) is 8.03. The van der Waals surface area contributed by atoms with Gasteiger partial charge >= 0.3 is 0 Å². The first kappa shape index (κ1) is 32.3. The molecule has 1 fully saturated rings. The molecule has 5 N–H and O–H groups in total. The molecule has 0 bridgehead atoms. The number of benzene rings is 3. The number of carbonyl (C=O) groups excluding carboxylic acids is 4. The summed E-state index contributed by atoms with van der Waals surface area (Å²) in [4.78, 5) is 56.2. The lowest BCUT2D eigenvalue weighted by Gasteiger charge is -2.23. The highest BCUT2D eigenvalue weighted by atomic mass is 16.6. The average molecular weight is 622 g/mol. The van der Waals surface area contributed by atoms with Crippen LogP contribution < -0.4 is 21.7 Å². The molecule has 238 valence electrons. The van der Waals surface area contributed by atoms with Crippen molar-refractivity contribution in [3.8, 4) is 0 Å². The fraction of sp³-hybridized carbons (Fsp3) is 0.306. The Hall–Kier alpha value is -5.09. The number of carbonyl (C=O) groups is 4. The lowest BCUT2D eigenvalue weighted by Crippen LogP contribution is -2.53. The Morgan fingerprint density at radius 1 is 0.826 bits per heavy atom. The van der Waals surface area contributed by atoms with Crippen LogP contribution in [-0.4, -0.2) is 52.9 Å². The number of para-hydroxylation sites is 1. The van der Waals surface area contributed by atoms with Gasteiger partial charge in [-0.2, -0.15) is 0 Å². The molecule has 1 saturated heterocycles. The molecule has 0 radical (unpaired) electrons. The summed E-state index contributed by atoms with van der Waals surface area (Å²) in [6, 6.07) is 28.1. The quantitative estimate of drug-likeness (QED) is 0.158. The van der Waals surface area contributed by atoms with E-state index in [1.54, 1.807) is 18.2 Å². The SMILES string of the molecule is CC(C)[C@@H](NC(=O)C[C@@H]1O[C@@H]1[C@H](Cc1ccccc1)NC(=O)[C@H](CC(N)=O)NC(=O)c1ccc2ccccc2n1)c1ccccc1. The lowest BCUT2D eigenvalue weighted by atomic mass is 9.95. The van der Waals surface area contributed by atoms with Crippen molar-refractivity contribution in [1.82, 2.24) is 20.9 Å². The van der Waals surface area contributed by atoms with Gasteiger partial charge in [-0.05, 0) is 35.6 Å². The van der Waals surface area contributed by atoms with Crippen molar-refractivity contribution in [2.24, 2.45) is 11.7 Å². The van der Waals surface area contributed by atoms with Crippen LogP contribution >= 0.6 is 0 Å². The van der Waals surface area contributed by atoms with Gasteiger partial charge in [0.15, 0.2) is 0 Å². The number of nitrogens with two attached hydrogens (primary N) is 1. The van der Waals surface area contributed by atoms with Crippen molar-refractivity contribution in [3.05, 3.63) is 114 Å². The van der Waals surface area contributed by atoms with E-state index >= 15 is 0 Å². The number of hydrogen-bond acceptors (Lipinski definition) is 6. The second-order valence-corrected chi connectivity index (χ2v) is 11.9. The number of hydrogen-bond donors (Lipinski definition) is 4. The summed E-state index contributed by atoms with van der Waals surface area (Å²) >= 11 is 0. The zero-order valence-electron chi connectivity index (χ0n) is 25.9. The Balaban J connectivity index is 1.27. The zero-order valence-corrected chi connectivity index (χ0v) is 25.9. The molecule has 1 aliphatic rings. The Morgan fingerprint density at radius 3 is 2.20 bits per heavy atom. The van der Waals surface area contributed by atoms with E-state index in [4.69, 9.17) is 10.5 Å². The molecule has 10 nitrogen and oxygen atoms in total. The predicted octanol–water partition coefficient (Wildman–Crippen LogP) is 3.61. The van der Waals surface area contributed by atoms with E-state index < -0.39 is 48.4 Å². The highest BCUT2D eigenvalue weighted by Gasteiger charge is 2.47. The van der Waals surface area contributed by atoms with E-state index in [1.807, 2.05) is 78.9 Å². The summed E-state index contributed by atoms with van der Waals surface area (Å²) in [7, 11) is 0. The van der Waals surface area contributed by atoms with Crippen LogP contribution in [0.3, 0.4) is 0 Å². The Labute approximate surface area is 268 Å². The van der Waals surface area contributed by atoms with Gasteiger partial charge in [0.25, 0.3) is 5.91 Å².